The summed E-state index contributed by atoms with van der Waals surface area (Å²) in [4.78, 5) is 27.4. The Morgan fingerprint density at radius 2 is 2.19 bits per heavy atom. The summed E-state index contributed by atoms with van der Waals surface area (Å²) < 4.78 is 18.8. The number of H-pyrrole nitrogens is 1. The number of carbonyl (C=O) groups excluding carboxylic acids is 1. The van der Waals surface area contributed by atoms with Gasteiger partial charge in [0.15, 0.2) is 11.6 Å². The lowest BCUT2D eigenvalue weighted by Crippen LogP contribution is -2.48. The number of amides is 1. The average Bonchev–Trinajstić information content (AvgIpc) is 3.34. The third-order valence-electron chi connectivity index (χ3n) is 6.81. The van der Waals surface area contributed by atoms with Gasteiger partial charge in [-0.1, -0.05) is 6.07 Å². The number of aromatic nitrogens is 3. The summed E-state index contributed by atoms with van der Waals surface area (Å²) in [6.07, 6.45) is 6.33. The van der Waals surface area contributed by atoms with Crippen LogP contribution in [0.25, 0.3) is 11.0 Å². The van der Waals surface area contributed by atoms with Crippen LogP contribution in [0.5, 0.6) is 5.75 Å². The van der Waals surface area contributed by atoms with Crippen LogP contribution in [0.1, 0.15) is 37.8 Å². The molecule has 1 aliphatic heterocycles. The van der Waals surface area contributed by atoms with Gasteiger partial charge in [0.05, 0.1) is 18.5 Å². The molecule has 1 aliphatic carbocycles. The molecule has 2 unspecified atom stereocenters. The molecule has 5 rings (SSSR count). The summed E-state index contributed by atoms with van der Waals surface area (Å²) in [7, 11) is 1.44. The monoisotopic (exact) mass is 423 g/mol. The van der Waals surface area contributed by atoms with Crippen LogP contribution in [0.2, 0.25) is 0 Å². The van der Waals surface area contributed by atoms with Gasteiger partial charge in [0.2, 0.25) is 5.91 Å². The first-order valence-electron chi connectivity index (χ1n) is 10.7. The van der Waals surface area contributed by atoms with Crippen molar-refractivity contribution in [2.75, 3.05) is 25.1 Å². The van der Waals surface area contributed by atoms with Crippen LogP contribution in [0.15, 0.2) is 36.8 Å². The molecule has 2 aliphatic rings. The highest BCUT2D eigenvalue weighted by Gasteiger charge is 2.55. The fraction of sp³-hybridized carbons (Fsp3) is 0.435. The van der Waals surface area contributed by atoms with Crippen LogP contribution in [-0.2, 0) is 4.79 Å². The van der Waals surface area contributed by atoms with Crippen molar-refractivity contribution in [3.63, 3.8) is 0 Å². The summed E-state index contributed by atoms with van der Waals surface area (Å²) in [5, 5.41) is 4.16. The number of ether oxygens (including phenoxy) is 1. The van der Waals surface area contributed by atoms with E-state index in [0.29, 0.717) is 0 Å². The Labute approximate surface area is 180 Å². The highest BCUT2D eigenvalue weighted by atomic mass is 19.1. The minimum atomic E-state index is -0.407. The Hall–Kier alpha value is -3.16. The van der Waals surface area contributed by atoms with Gasteiger partial charge in [0.25, 0.3) is 0 Å². The van der Waals surface area contributed by atoms with Gasteiger partial charge in [0.1, 0.15) is 17.8 Å². The van der Waals surface area contributed by atoms with E-state index in [1.807, 2.05) is 19.2 Å². The van der Waals surface area contributed by atoms with Gasteiger partial charge in [0, 0.05) is 25.2 Å². The lowest BCUT2D eigenvalue weighted by molar-refractivity contribution is -0.128. The molecule has 2 fully saturated rings. The number of anilines is 1. The van der Waals surface area contributed by atoms with E-state index in [2.05, 4.69) is 25.2 Å². The molecular weight excluding hydrogens is 397 g/mol. The molecule has 8 heteroatoms. The molecule has 1 saturated heterocycles. The SMILES string of the molecule is COc1cc(C(C)NC(=O)C2CCN(c3ncnc4[nH]ccc34)CC23CC3)ccc1F. The predicted molar refractivity (Wildman–Crippen MR) is 115 cm³/mol. The summed E-state index contributed by atoms with van der Waals surface area (Å²) in [6.45, 7) is 3.51. The van der Waals surface area contributed by atoms with Gasteiger partial charge in [-0.05, 0) is 55.4 Å². The average molecular weight is 423 g/mol. The number of rotatable bonds is 5. The minimum absolute atomic E-state index is 0.00385. The molecule has 3 aromatic rings. The van der Waals surface area contributed by atoms with Crippen LogP contribution in [0.4, 0.5) is 10.2 Å². The van der Waals surface area contributed by atoms with Crippen molar-refractivity contribution in [2.45, 2.75) is 32.2 Å². The molecule has 1 amide bonds. The first-order valence-corrected chi connectivity index (χ1v) is 10.7. The molecule has 31 heavy (non-hydrogen) atoms. The van der Waals surface area contributed by atoms with Gasteiger partial charge < -0.3 is 19.9 Å². The molecule has 162 valence electrons. The molecule has 2 aromatic heterocycles. The fourth-order valence-corrected chi connectivity index (χ4v) is 4.87. The molecule has 7 nitrogen and oxygen atoms in total. The predicted octanol–water partition coefficient (Wildman–Crippen LogP) is 3.59. The van der Waals surface area contributed by atoms with Gasteiger partial charge in [-0.3, -0.25) is 4.79 Å². The Bertz CT molecular complexity index is 1130. The molecule has 0 bridgehead atoms. The maximum Gasteiger partial charge on any atom is 0.224 e. The van der Waals surface area contributed by atoms with Gasteiger partial charge in [-0.15, -0.1) is 0 Å². The molecule has 1 aromatic carbocycles. The molecule has 2 atom stereocenters. The fourth-order valence-electron chi connectivity index (χ4n) is 4.87. The third-order valence-corrected chi connectivity index (χ3v) is 6.81. The number of benzene rings is 1. The molecular formula is C23H26FN5O2. The summed E-state index contributed by atoms with van der Waals surface area (Å²) in [6, 6.07) is 6.49. The topological polar surface area (TPSA) is 83.1 Å². The largest absolute Gasteiger partial charge is 0.494 e. The van der Waals surface area contributed by atoms with Crippen molar-refractivity contribution >= 4 is 22.8 Å². The molecule has 0 radical (unpaired) electrons. The zero-order valence-corrected chi connectivity index (χ0v) is 17.7. The third kappa shape index (κ3) is 3.49. The van der Waals surface area contributed by atoms with Crippen LogP contribution >= 0.6 is 0 Å². The highest BCUT2D eigenvalue weighted by Crippen LogP contribution is 2.56. The van der Waals surface area contributed by atoms with Gasteiger partial charge in [-0.25, -0.2) is 14.4 Å². The standard InChI is InChI=1S/C23H26FN5O2/c1-14(15-3-4-18(24)19(11-15)31-2)28-22(30)17-6-10-29(12-23(17)7-8-23)21-16-5-9-25-20(16)26-13-27-21/h3-5,9,11,13-14,17H,6-8,10,12H2,1-2H3,(H,28,30)(H,25,26,27). The normalized spacial score (nSPS) is 20.6. The molecule has 2 N–H and O–H groups in total. The van der Waals surface area contributed by atoms with Crippen molar-refractivity contribution in [1.29, 1.82) is 0 Å². The number of fused-ring (bicyclic) bond motifs is 1. The number of carbonyl (C=O) groups is 1. The molecule has 3 heterocycles. The Kier molecular flexibility index (Phi) is 4.79. The van der Waals surface area contributed by atoms with E-state index >= 15 is 0 Å². The van der Waals surface area contributed by atoms with E-state index in [4.69, 9.17) is 4.74 Å². The second-order valence-corrected chi connectivity index (χ2v) is 8.69. The highest BCUT2D eigenvalue weighted by molar-refractivity contribution is 5.88. The van der Waals surface area contributed by atoms with Gasteiger partial charge >= 0.3 is 0 Å². The number of hydrogen-bond acceptors (Lipinski definition) is 5. The van der Waals surface area contributed by atoms with E-state index in [1.54, 1.807) is 18.5 Å². The summed E-state index contributed by atoms with van der Waals surface area (Å²) >= 11 is 0. The summed E-state index contributed by atoms with van der Waals surface area (Å²) in [5.74, 6) is 0.754. The lowest BCUT2D eigenvalue weighted by Gasteiger charge is -2.39. The number of nitrogens with one attached hydrogen (secondary N) is 2. The second-order valence-electron chi connectivity index (χ2n) is 8.69. The maximum atomic E-state index is 13.7. The maximum absolute atomic E-state index is 13.7. The summed E-state index contributed by atoms with van der Waals surface area (Å²) in [5.41, 5.74) is 1.65. The number of halogens is 1. The van der Waals surface area contributed by atoms with E-state index in [-0.39, 0.29) is 29.0 Å². The van der Waals surface area contributed by atoms with Crippen LogP contribution in [0.3, 0.4) is 0 Å². The first kappa shape index (κ1) is 19.8. The number of methoxy groups -OCH3 is 1. The van der Waals surface area contributed by atoms with E-state index < -0.39 is 5.82 Å². The Morgan fingerprint density at radius 3 is 2.97 bits per heavy atom. The van der Waals surface area contributed by atoms with Crippen molar-refractivity contribution in [3.8, 4) is 5.75 Å². The van der Waals surface area contributed by atoms with Crippen LogP contribution in [0, 0.1) is 17.2 Å². The number of hydrogen-bond donors (Lipinski definition) is 2. The zero-order valence-electron chi connectivity index (χ0n) is 17.7. The number of piperidine rings is 1. The minimum Gasteiger partial charge on any atom is -0.494 e. The Morgan fingerprint density at radius 1 is 1.35 bits per heavy atom. The quantitative estimate of drug-likeness (QED) is 0.655. The number of aromatic amines is 1. The van der Waals surface area contributed by atoms with Crippen molar-refractivity contribution in [3.05, 3.63) is 48.2 Å². The van der Waals surface area contributed by atoms with E-state index in [1.165, 1.54) is 13.2 Å². The van der Waals surface area contributed by atoms with Crippen LogP contribution < -0.4 is 15.0 Å². The second kappa shape index (κ2) is 7.51. The van der Waals surface area contributed by atoms with Crippen molar-refractivity contribution in [2.24, 2.45) is 11.3 Å². The zero-order chi connectivity index (χ0) is 21.6. The lowest BCUT2D eigenvalue weighted by atomic mass is 9.81. The van der Waals surface area contributed by atoms with Crippen molar-refractivity contribution < 1.29 is 13.9 Å². The van der Waals surface area contributed by atoms with E-state index in [0.717, 1.165) is 54.8 Å². The van der Waals surface area contributed by atoms with Gasteiger partial charge in [-0.2, -0.15) is 0 Å². The Balaban J connectivity index is 1.30. The molecule has 1 saturated carbocycles. The van der Waals surface area contributed by atoms with Crippen molar-refractivity contribution in [1.82, 2.24) is 20.3 Å². The first-order chi connectivity index (χ1) is 15.0. The molecule has 1 spiro atoms. The smallest absolute Gasteiger partial charge is 0.224 e. The number of nitrogens with zero attached hydrogens (tertiary/aromatic N) is 3. The van der Waals surface area contributed by atoms with E-state index in [9.17, 15) is 9.18 Å². The van der Waals surface area contributed by atoms with Crippen LogP contribution in [-0.4, -0.2) is 41.1 Å².